The van der Waals surface area contributed by atoms with Crippen LogP contribution in [0.2, 0.25) is 0 Å². The van der Waals surface area contributed by atoms with Crippen molar-refractivity contribution in [2.45, 2.75) is 10.8 Å². The van der Waals surface area contributed by atoms with Crippen LogP contribution in [0.4, 0.5) is 0 Å². The Morgan fingerprint density at radius 2 is 1.96 bits per heavy atom. The molecule has 0 spiro atoms. The van der Waals surface area contributed by atoms with Crippen LogP contribution in [-0.4, -0.2) is 25.9 Å². The summed E-state index contributed by atoms with van der Waals surface area (Å²) in [7, 11) is 2.90. The average molecular weight is 326 g/mol. The molecule has 1 aliphatic heterocycles. The van der Waals surface area contributed by atoms with Crippen LogP contribution in [0.25, 0.3) is 5.57 Å². The van der Waals surface area contributed by atoms with Gasteiger partial charge in [0.25, 0.3) is 0 Å². The zero-order chi connectivity index (χ0) is 16.2. The number of esters is 1. The first-order valence-corrected chi connectivity index (χ1v) is 8.36. The lowest BCUT2D eigenvalue weighted by atomic mass is 9.91. The summed E-state index contributed by atoms with van der Waals surface area (Å²) in [6, 6.07) is 16.6. The van der Waals surface area contributed by atoms with Crippen LogP contribution in [0.15, 0.2) is 59.7 Å². The monoisotopic (exact) mass is 326 g/mol. The topological polar surface area (TPSA) is 35.5 Å². The molecule has 0 aromatic heterocycles. The fourth-order valence-corrected chi connectivity index (χ4v) is 4.06. The van der Waals surface area contributed by atoms with Crippen molar-refractivity contribution >= 4 is 23.3 Å². The van der Waals surface area contributed by atoms with E-state index >= 15 is 0 Å². The standard InChI is InChI=1S/C19H18O3S/c1-21-11-16(19(20)22-2)14-8-9-18-15(10-14)17(12-23-18)13-6-4-3-5-7-13/h3-11,17H,12H2,1-2H3/b16-11+. The quantitative estimate of drug-likeness (QED) is 0.482. The lowest BCUT2D eigenvalue weighted by molar-refractivity contribution is -0.133. The number of rotatable bonds is 4. The molecule has 23 heavy (non-hydrogen) atoms. The third-order valence-corrected chi connectivity index (χ3v) is 5.13. The molecule has 0 radical (unpaired) electrons. The molecule has 0 fully saturated rings. The Bertz CT molecular complexity index is 738. The summed E-state index contributed by atoms with van der Waals surface area (Å²) in [5.41, 5.74) is 3.80. The predicted octanol–water partition coefficient (Wildman–Crippen LogP) is 4.08. The summed E-state index contributed by atoms with van der Waals surface area (Å²) in [5, 5.41) is 0. The maximum absolute atomic E-state index is 12.0. The van der Waals surface area contributed by atoms with Crippen LogP contribution >= 0.6 is 11.8 Å². The van der Waals surface area contributed by atoms with Gasteiger partial charge in [-0.15, -0.1) is 11.8 Å². The molecule has 1 unspecified atom stereocenters. The molecule has 4 heteroatoms. The maximum atomic E-state index is 12.0. The Morgan fingerprint density at radius 3 is 2.65 bits per heavy atom. The van der Waals surface area contributed by atoms with Gasteiger partial charge < -0.3 is 9.47 Å². The lowest BCUT2D eigenvalue weighted by Crippen LogP contribution is -2.06. The highest BCUT2D eigenvalue weighted by molar-refractivity contribution is 7.99. The van der Waals surface area contributed by atoms with Crippen LogP contribution in [0.5, 0.6) is 0 Å². The van der Waals surface area contributed by atoms with Gasteiger partial charge in [-0.05, 0) is 28.8 Å². The lowest BCUT2D eigenvalue weighted by Gasteiger charge is -2.13. The number of ether oxygens (including phenoxy) is 2. The molecule has 1 atom stereocenters. The Kier molecular flexibility index (Phi) is 4.72. The fraction of sp³-hybridized carbons (Fsp3) is 0.211. The van der Waals surface area contributed by atoms with Crippen LogP contribution in [0, 0.1) is 0 Å². The summed E-state index contributed by atoms with van der Waals surface area (Å²) >= 11 is 1.85. The van der Waals surface area contributed by atoms with Crippen LogP contribution in [-0.2, 0) is 14.3 Å². The van der Waals surface area contributed by atoms with Crippen molar-refractivity contribution in [1.29, 1.82) is 0 Å². The Hall–Kier alpha value is -2.20. The van der Waals surface area contributed by atoms with Crippen molar-refractivity contribution in [3.63, 3.8) is 0 Å². The Labute approximate surface area is 140 Å². The molecule has 1 aliphatic rings. The van der Waals surface area contributed by atoms with E-state index in [1.807, 2.05) is 23.9 Å². The molecule has 0 aliphatic carbocycles. The molecule has 3 nitrogen and oxygen atoms in total. The van der Waals surface area contributed by atoms with Crippen LogP contribution in [0.3, 0.4) is 0 Å². The van der Waals surface area contributed by atoms with Crippen molar-refractivity contribution in [3.05, 3.63) is 71.5 Å². The van der Waals surface area contributed by atoms with Gasteiger partial charge >= 0.3 is 5.97 Å². The molecule has 2 aromatic rings. The summed E-state index contributed by atoms with van der Waals surface area (Å²) < 4.78 is 9.90. The number of hydrogen-bond acceptors (Lipinski definition) is 4. The van der Waals surface area contributed by atoms with E-state index in [1.54, 1.807) is 0 Å². The highest BCUT2D eigenvalue weighted by Gasteiger charge is 2.26. The smallest absolute Gasteiger partial charge is 0.341 e. The number of hydrogen-bond donors (Lipinski definition) is 0. The molecule has 0 bridgehead atoms. The van der Waals surface area contributed by atoms with Crippen molar-refractivity contribution in [2.24, 2.45) is 0 Å². The average Bonchev–Trinajstić information content (AvgIpc) is 3.03. The minimum atomic E-state index is -0.395. The third-order valence-electron chi connectivity index (χ3n) is 3.94. The highest BCUT2D eigenvalue weighted by Crippen LogP contribution is 2.44. The van der Waals surface area contributed by atoms with Crippen molar-refractivity contribution in [3.8, 4) is 0 Å². The summed E-state index contributed by atoms with van der Waals surface area (Å²) in [5.74, 6) is 0.968. The van der Waals surface area contributed by atoms with Crippen molar-refractivity contribution < 1.29 is 14.3 Å². The second kappa shape index (κ2) is 6.92. The predicted molar refractivity (Wildman–Crippen MR) is 92.5 cm³/mol. The number of methoxy groups -OCH3 is 2. The summed E-state index contributed by atoms with van der Waals surface area (Å²) in [6.07, 6.45) is 1.44. The van der Waals surface area contributed by atoms with Gasteiger partial charge in [0.1, 0.15) is 5.57 Å². The zero-order valence-electron chi connectivity index (χ0n) is 13.1. The molecule has 3 rings (SSSR count). The van der Waals surface area contributed by atoms with Crippen LogP contribution < -0.4 is 0 Å². The number of carbonyl (C=O) groups excluding carboxylic acids is 1. The first-order chi connectivity index (χ1) is 11.2. The molecule has 118 valence electrons. The Balaban J connectivity index is 2.02. The summed E-state index contributed by atoms with van der Waals surface area (Å²) in [6.45, 7) is 0. The number of fused-ring (bicyclic) bond motifs is 1. The second-order valence-corrected chi connectivity index (χ2v) is 6.35. The van der Waals surface area contributed by atoms with Crippen LogP contribution in [0.1, 0.15) is 22.6 Å². The van der Waals surface area contributed by atoms with E-state index in [4.69, 9.17) is 9.47 Å². The Morgan fingerprint density at radius 1 is 1.17 bits per heavy atom. The van der Waals surface area contributed by atoms with E-state index in [0.29, 0.717) is 11.5 Å². The molecular formula is C19H18O3S. The molecule has 0 amide bonds. The SMILES string of the molecule is CO/C=C(/C(=O)OC)c1ccc2c(c1)C(c1ccccc1)CS2. The highest BCUT2D eigenvalue weighted by atomic mass is 32.2. The van der Waals surface area contributed by atoms with Crippen molar-refractivity contribution in [2.75, 3.05) is 20.0 Å². The largest absolute Gasteiger partial charge is 0.503 e. The van der Waals surface area contributed by atoms with E-state index in [9.17, 15) is 4.79 Å². The first kappa shape index (κ1) is 15.7. The molecule has 0 saturated heterocycles. The molecule has 2 aromatic carbocycles. The number of benzene rings is 2. The maximum Gasteiger partial charge on any atom is 0.341 e. The molecule has 0 saturated carbocycles. The second-order valence-electron chi connectivity index (χ2n) is 5.29. The van der Waals surface area contributed by atoms with Gasteiger partial charge in [0.2, 0.25) is 0 Å². The molecular weight excluding hydrogens is 308 g/mol. The van der Waals surface area contributed by atoms with E-state index in [2.05, 4.69) is 36.4 Å². The summed E-state index contributed by atoms with van der Waals surface area (Å²) in [4.78, 5) is 13.2. The van der Waals surface area contributed by atoms with E-state index < -0.39 is 5.97 Å². The van der Waals surface area contributed by atoms with Gasteiger partial charge in [-0.25, -0.2) is 4.79 Å². The number of thioether (sulfide) groups is 1. The third kappa shape index (κ3) is 3.13. The fourth-order valence-electron chi connectivity index (χ4n) is 2.81. The van der Waals surface area contributed by atoms with Gasteiger partial charge in [-0.2, -0.15) is 0 Å². The van der Waals surface area contributed by atoms with Gasteiger partial charge in [0.15, 0.2) is 0 Å². The normalized spacial score (nSPS) is 16.8. The van der Waals surface area contributed by atoms with Gasteiger partial charge in [0, 0.05) is 16.6 Å². The molecule has 0 N–H and O–H groups in total. The minimum Gasteiger partial charge on any atom is -0.503 e. The first-order valence-electron chi connectivity index (χ1n) is 7.38. The van der Waals surface area contributed by atoms with E-state index in [0.717, 1.165) is 11.3 Å². The van der Waals surface area contributed by atoms with Gasteiger partial charge in [-0.3, -0.25) is 0 Å². The van der Waals surface area contributed by atoms with E-state index in [-0.39, 0.29) is 0 Å². The minimum absolute atomic E-state index is 0.345. The van der Waals surface area contributed by atoms with Gasteiger partial charge in [0.05, 0.1) is 20.5 Å². The van der Waals surface area contributed by atoms with E-state index in [1.165, 1.54) is 36.5 Å². The molecule has 1 heterocycles. The van der Waals surface area contributed by atoms with Gasteiger partial charge in [-0.1, -0.05) is 36.4 Å². The zero-order valence-corrected chi connectivity index (χ0v) is 13.9. The number of carbonyl (C=O) groups is 1. The van der Waals surface area contributed by atoms with Crippen molar-refractivity contribution in [1.82, 2.24) is 0 Å².